The first-order valence-electron chi connectivity index (χ1n) is 7.23. The number of benzene rings is 2. The van der Waals surface area contributed by atoms with Crippen molar-refractivity contribution in [2.24, 2.45) is 0 Å². The van der Waals surface area contributed by atoms with Crippen molar-refractivity contribution in [3.05, 3.63) is 52.6 Å². The number of methoxy groups -OCH3 is 1. The molecule has 0 aliphatic heterocycles. The van der Waals surface area contributed by atoms with Crippen LogP contribution in [-0.4, -0.2) is 17.3 Å². The summed E-state index contributed by atoms with van der Waals surface area (Å²) in [5, 5.41) is 20.0. The fourth-order valence-electron chi connectivity index (χ4n) is 3.06. The van der Waals surface area contributed by atoms with E-state index in [0.29, 0.717) is 12.4 Å². The molecule has 1 atom stereocenters. The number of fused-ring (bicyclic) bond motifs is 1. The third-order valence-corrected chi connectivity index (χ3v) is 4.20. The van der Waals surface area contributed by atoms with Gasteiger partial charge in [0.2, 0.25) is 0 Å². The number of rotatable bonds is 3. The Hall–Kier alpha value is -1.84. The zero-order valence-electron chi connectivity index (χ0n) is 12.4. The molecule has 110 valence electrons. The molecule has 3 rings (SSSR count). The minimum atomic E-state index is -0.320. The van der Waals surface area contributed by atoms with Crippen LogP contribution >= 0.6 is 0 Å². The van der Waals surface area contributed by atoms with Crippen LogP contribution in [0.3, 0.4) is 0 Å². The number of ether oxygens (including phenoxy) is 1. The van der Waals surface area contributed by atoms with Gasteiger partial charge in [-0.1, -0.05) is 18.2 Å². The van der Waals surface area contributed by atoms with Crippen molar-refractivity contribution < 1.29 is 14.9 Å². The predicted octanol–water partition coefficient (Wildman–Crippen LogP) is 3.49. The summed E-state index contributed by atoms with van der Waals surface area (Å²) in [4.78, 5) is 0. The second-order valence-electron chi connectivity index (χ2n) is 5.70. The summed E-state index contributed by atoms with van der Waals surface area (Å²) in [5.74, 6) is 0.303. The molecular weight excluding hydrogens is 264 g/mol. The number of phenolic OH excluding ortho intramolecular Hbond substituents is 1. The van der Waals surface area contributed by atoms with E-state index >= 15 is 0 Å². The van der Waals surface area contributed by atoms with Crippen molar-refractivity contribution in [3.63, 3.8) is 0 Å². The molecule has 1 unspecified atom stereocenters. The first kappa shape index (κ1) is 14.1. The lowest BCUT2D eigenvalue weighted by atomic mass is 9.96. The summed E-state index contributed by atoms with van der Waals surface area (Å²) < 4.78 is 5.15. The minimum absolute atomic E-state index is 0.303. The van der Waals surface area contributed by atoms with E-state index in [9.17, 15) is 10.2 Å². The second-order valence-corrected chi connectivity index (χ2v) is 5.70. The average molecular weight is 284 g/mol. The van der Waals surface area contributed by atoms with Crippen LogP contribution in [0.15, 0.2) is 30.3 Å². The second kappa shape index (κ2) is 5.51. The summed E-state index contributed by atoms with van der Waals surface area (Å²) in [5.41, 5.74) is 6.10. The summed E-state index contributed by atoms with van der Waals surface area (Å²) in [6, 6.07) is 10.2. The van der Waals surface area contributed by atoms with Crippen molar-refractivity contribution in [2.45, 2.75) is 32.5 Å². The number of hydrogen-bond acceptors (Lipinski definition) is 3. The summed E-state index contributed by atoms with van der Waals surface area (Å²) >= 11 is 0. The molecule has 0 radical (unpaired) electrons. The number of aliphatic hydroxyl groups is 1. The number of hydrogen-bond donors (Lipinski definition) is 2. The van der Waals surface area contributed by atoms with Gasteiger partial charge >= 0.3 is 0 Å². The third kappa shape index (κ3) is 2.55. The molecule has 0 saturated heterocycles. The van der Waals surface area contributed by atoms with Crippen LogP contribution < -0.4 is 0 Å². The summed E-state index contributed by atoms with van der Waals surface area (Å²) in [7, 11) is 1.62. The van der Waals surface area contributed by atoms with E-state index in [2.05, 4.69) is 6.07 Å². The largest absolute Gasteiger partial charge is 0.507 e. The number of phenols is 1. The monoisotopic (exact) mass is 284 g/mol. The molecular formula is C18H20O3. The topological polar surface area (TPSA) is 49.7 Å². The Kier molecular flexibility index (Phi) is 3.70. The van der Waals surface area contributed by atoms with Crippen molar-refractivity contribution in [3.8, 4) is 16.9 Å². The summed E-state index contributed by atoms with van der Waals surface area (Å²) in [6.07, 6.45) is 1.41. The molecule has 2 aromatic carbocycles. The Balaban J connectivity index is 2.05. The number of aromatic hydroxyl groups is 1. The first-order valence-corrected chi connectivity index (χ1v) is 7.23. The van der Waals surface area contributed by atoms with Gasteiger partial charge in [0.1, 0.15) is 5.75 Å². The molecule has 0 bridgehead atoms. The molecule has 21 heavy (non-hydrogen) atoms. The van der Waals surface area contributed by atoms with Gasteiger partial charge in [0.25, 0.3) is 0 Å². The van der Waals surface area contributed by atoms with Gasteiger partial charge in [-0.2, -0.15) is 0 Å². The van der Waals surface area contributed by atoms with Crippen LogP contribution in [0.25, 0.3) is 11.1 Å². The highest BCUT2D eigenvalue weighted by molar-refractivity contribution is 5.69. The van der Waals surface area contributed by atoms with Crippen LogP contribution in [0.2, 0.25) is 0 Å². The van der Waals surface area contributed by atoms with Gasteiger partial charge in [0.05, 0.1) is 12.7 Å². The molecule has 3 nitrogen and oxygen atoms in total. The van der Waals surface area contributed by atoms with Crippen molar-refractivity contribution in [1.82, 2.24) is 0 Å². The number of aliphatic hydroxyl groups excluding tert-OH is 1. The SMILES string of the molecule is COCc1cc(-c2ccc3c(c2)CCC3O)cc(C)c1O. The molecule has 0 spiro atoms. The minimum Gasteiger partial charge on any atom is -0.507 e. The van der Waals surface area contributed by atoms with Crippen LogP contribution in [0.4, 0.5) is 0 Å². The highest BCUT2D eigenvalue weighted by Gasteiger charge is 2.20. The third-order valence-electron chi connectivity index (χ3n) is 4.20. The quantitative estimate of drug-likeness (QED) is 0.907. The molecule has 0 heterocycles. The zero-order valence-corrected chi connectivity index (χ0v) is 12.4. The first-order chi connectivity index (χ1) is 10.1. The molecule has 2 aromatic rings. The number of aryl methyl sites for hydroxylation is 2. The molecule has 0 amide bonds. The van der Waals surface area contributed by atoms with Crippen molar-refractivity contribution in [1.29, 1.82) is 0 Å². The highest BCUT2D eigenvalue weighted by atomic mass is 16.5. The Bertz CT molecular complexity index is 676. The smallest absolute Gasteiger partial charge is 0.124 e. The van der Waals surface area contributed by atoms with E-state index in [0.717, 1.165) is 40.7 Å². The maximum absolute atomic E-state index is 10.1. The van der Waals surface area contributed by atoms with Crippen molar-refractivity contribution >= 4 is 0 Å². The molecule has 3 heteroatoms. The zero-order chi connectivity index (χ0) is 15.0. The molecule has 1 aliphatic carbocycles. The van der Waals surface area contributed by atoms with Crippen LogP contribution in [0.1, 0.15) is 34.8 Å². The fraction of sp³-hybridized carbons (Fsp3) is 0.333. The van der Waals surface area contributed by atoms with E-state index < -0.39 is 0 Å². The van der Waals surface area contributed by atoms with E-state index in [4.69, 9.17) is 4.74 Å². The lowest BCUT2D eigenvalue weighted by Gasteiger charge is -2.12. The van der Waals surface area contributed by atoms with Crippen LogP contribution in [-0.2, 0) is 17.8 Å². The van der Waals surface area contributed by atoms with E-state index in [1.807, 2.05) is 31.2 Å². The van der Waals surface area contributed by atoms with E-state index in [1.165, 1.54) is 5.56 Å². The van der Waals surface area contributed by atoms with Crippen LogP contribution in [0.5, 0.6) is 5.75 Å². The standard InChI is InChI=1S/C18H20O3/c1-11-7-14(9-15(10-21-2)18(11)20)12-3-5-16-13(8-12)4-6-17(16)19/h3,5,7-9,17,19-20H,4,6,10H2,1-2H3. The Morgan fingerprint density at radius 2 is 2.00 bits per heavy atom. The molecule has 2 N–H and O–H groups in total. The van der Waals surface area contributed by atoms with Gasteiger partial charge in [0.15, 0.2) is 0 Å². The normalized spacial score (nSPS) is 17.0. The molecule has 0 fully saturated rings. The van der Waals surface area contributed by atoms with Gasteiger partial charge in [-0.15, -0.1) is 0 Å². The Morgan fingerprint density at radius 3 is 2.76 bits per heavy atom. The Morgan fingerprint density at radius 1 is 1.19 bits per heavy atom. The van der Waals surface area contributed by atoms with Gasteiger partial charge < -0.3 is 14.9 Å². The average Bonchev–Trinajstić information content (AvgIpc) is 2.85. The van der Waals surface area contributed by atoms with Crippen molar-refractivity contribution in [2.75, 3.05) is 7.11 Å². The highest BCUT2D eigenvalue weighted by Crippen LogP contribution is 2.36. The lowest BCUT2D eigenvalue weighted by molar-refractivity contribution is 0.180. The fourth-order valence-corrected chi connectivity index (χ4v) is 3.06. The van der Waals surface area contributed by atoms with Gasteiger partial charge in [-0.3, -0.25) is 0 Å². The maximum atomic E-state index is 10.1. The lowest BCUT2D eigenvalue weighted by Crippen LogP contribution is -1.93. The van der Waals surface area contributed by atoms with Gasteiger partial charge in [-0.25, -0.2) is 0 Å². The maximum Gasteiger partial charge on any atom is 0.124 e. The molecule has 0 aromatic heterocycles. The van der Waals surface area contributed by atoms with E-state index in [1.54, 1.807) is 7.11 Å². The van der Waals surface area contributed by atoms with Gasteiger partial charge in [0, 0.05) is 12.7 Å². The Labute approximate surface area is 124 Å². The van der Waals surface area contributed by atoms with E-state index in [-0.39, 0.29) is 6.10 Å². The summed E-state index contributed by atoms with van der Waals surface area (Å²) in [6.45, 7) is 2.29. The molecule has 0 saturated carbocycles. The van der Waals surface area contributed by atoms with Gasteiger partial charge in [-0.05, 0) is 59.7 Å². The predicted molar refractivity (Wildman–Crippen MR) is 82.3 cm³/mol. The van der Waals surface area contributed by atoms with Crippen LogP contribution in [0, 0.1) is 6.92 Å². The molecule has 1 aliphatic rings.